The minimum absolute atomic E-state index is 0.223. The fourth-order valence-electron chi connectivity index (χ4n) is 1.77. The van der Waals surface area contributed by atoms with Crippen LogP contribution in [-0.4, -0.2) is 26.5 Å². The molecule has 2 aromatic rings. The summed E-state index contributed by atoms with van der Waals surface area (Å²) in [7, 11) is 0. The molecule has 0 spiro atoms. The van der Waals surface area contributed by atoms with Crippen molar-refractivity contribution in [2.75, 3.05) is 6.61 Å². The average molecular weight is 289 g/mol. The first kappa shape index (κ1) is 15.0. The lowest BCUT2D eigenvalue weighted by atomic mass is 10.2. The number of hydrogen-bond acceptors (Lipinski definition) is 4. The Morgan fingerprint density at radius 1 is 1.43 bits per heavy atom. The fourth-order valence-corrected chi connectivity index (χ4v) is 1.77. The van der Waals surface area contributed by atoms with E-state index in [1.165, 1.54) is 18.5 Å². The van der Waals surface area contributed by atoms with Gasteiger partial charge in [-0.3, -0.25) is 0 Å². The van der Waals surface area contributed by atoms with Gasteiger partial charge in [-0.2, -0.15) is 5.10 Å². The van der Waals surface area contributed by atoms with E-state index in [-0.39, 0.29) is 18.8 Å². The van der Waals surface area contributed by atoms with E-state index < -0.39 is 5.82 Å². The van der Waals surface area contributed by atoms with Crippen LogP contribution in [0, 0.1) is 17.7 Å². The zero-order valence-corrected chi connectivity index (χ0v) is 11.7. The van der Waals surface area contributed by atoms with Gasteiger partial charge in [-0.05, 0) is 18.6 Å². The van der Waals surface area contributed by atoms with Crippen LogP contribution < -0.4 is 4.74 Å². The number of rotatable bonds is 5. The van der Waals surface area contributed by atoms with E-state index in [1.54, 1.807) is 10.7 Å². The molecule has 1 heterocycles. The summed E-state index contributed by atoms with van der Waals surface area (Å²) in [5.74, 6) is 5.54. The average Bonchev–Trinajstić information content (AvgIpc) is 2.92. The van der Waals surface area contributed by atoms with E-state index in [0.29, 0.717) is 11.6 Å². The Morgan fingerprint density at radius 3 is 3.00 bits per heavy atom. The predicted molar refractivity (Wildman–Crippen MR) is 75.0 cm³/mol. The molecule has 5 nitrogen and oxygen atoms in total. The smallest absolute Gasteiger partial charge is 0.164 e. The highest BCUT2D eigenvalue weighted by atomic mass is 19.1. The second-order valence-electron chi connectivity index (χ2n) is 4.29. The first-order chi connectivity index (χ1) is 10.2. The second kappa shape index (κ2) is 7.41. The van der Waals surface area contributed by atoms with Crippen LogP contribution in [0.15, 0.2) is 24.5 Å². The summed E-state index contributed by atoms with van der Waals surface area (Å²) in [4.78, 5) is 4.11. The lowest BCUT2D eigenvalue weighted by Gasteiger charge is -2.07. The standard InChI is InChI=1S/C15H16FN3O2/c1-2-7-19-15(17-11-18-19)10-21-13-6-5-12(4-3-8-20)14(16)9-13/h5-6,9,11,20H,2,7-8,10H2,1H3. The number of halogens is 1. The zero-order chi connectivity index (χ0) is 15.1. The highest BCUT2D eigenvalue weighted by Crippen LogP contribution is 2.17. The molecular formula is C15H16FN3O2. The molecule has 1 aromatic heterocycles. The van der Waals surface area contributed by atoms with Crippen molar-refractivity contribution in [2.24, 2.45) is 0 Å². The van der Waals surface area contributed by atoms with Crippen LogP contribution in [0.1, 0.15) is 24.7 Å². The van der Waals surface area contributed by atoms with Crippen molar-refractivity contribution in [3.05, 3.63) is 41.7 Å². The van der Waals surface area contributed by atoms with Crippen molar-refractivity contribution in [1.29, 1.82) is 0 Å². The Hall–Kier alpha value is -2.39. The molecule has 0 bridgehead atoms. The number of aryl methyl sites for hydroxylation is 1. The maximum atomic E-state index is 13.7. The fraction of sp³-hybridized carbons (Fsp3) is 0.333. The Labute approximate surface area is 122 Å². The molecule has 0 saturated carbocycles. The molecule has 0 saturated heterocycles. The normalized spacial score (nSPS) is 10.0. The van der Waals surface area contributed by atoms with Gasteiger partial charge in [0.2, 0.25) is 0 Å². The zero-order valence-electron chi connectivity index (χ0n) is 11.7. The van der Waals surface area contributed by atoms with Gasteiger partial charge in [-0.1, -0.05) is 18.8 Å². The van der Waals surface area contributed by atoms with Crippen LogP contribution in [0.2, 0.25) is 0 Å². The van der Waals surface area contributed by atoms with Crippen molar-refractivity contribution in [3.63, 3.8) is 0 Å². The van der Waals surface area contributed by atoms with Gasteiger partial charge in [0.05, 0.1) is 5.56 Å². The van der Waals surface area contributed by atoms with Crippen molar-refractivity contribution >= 4 is 0 Å². The van der Waals surface area contributed by atoms with E-state index in [9.17, 15) is 4.39 Å². The van der Waals surface area contributed by atoms with Gasteiger partial charge in [0.25, 0.3) is 0 Å². The number of aromatic nitrogens is 3. The number of benzene rings is 1. The van der Waals surface area contributed by atoms with Gasteiger partial charge in [-0.25, -0.2) is 14.1 Å². The number of nitrogens with zero attached hydrogens (tertiary/aromatic N) is 3. The Balaban J connectivity index is 2.03. The molecule has 1 aromatic carbocycles. The summed E-state index contributed by atoms with van der Waals surface area (Å²) < 4.78 is 21.0. The molecule has 0 aliphatic heterocycles. The van der Waals surface area contributed by atoms with Gasteiger partial charge < -0.3 is 9.84 Å². The van der Waals surface area contributed by atoms with Gasteiger partial charge >= 0.3 is 0 Å². The predicted octanol–water partition coefficient (Wildman–Crippen LogP) is 1.75. The van der Waals surface area contributed by atoms with Crippen LogP contribution in [-0.2, 0) is 13.2 Å². The first-order valence-electron chi connectivity index (χ1n) is 6.63. The summed E-state index contributed by atoms with van der Waals surface area (Å²) in [5, 5.41) is 12.7. The van der Waals surface area contributed by atoms with Crippen LogP contribution in [0.5, 0.6) is 5.75 Å². The third kappa shape index (κ3) is 4.04. The highest BCUT2D eigenvalue weighted by Gasteiger charge is 2.06. The van der Waals surface area contributed by atoms with E-state index in [2.05, 4.69) is 21.9 Å². The summed E-state index contributed by atoms with van der Waals surface area (Å²) in [5.41, 5.74) is 0.227. The molecule has 21 heavy (non-hydrogen) atoms. The molecule has 110 valence electrons. The lowest BCUT2D eigenvalue weighted by molar-refractivity contribution is 0.285. The monoisotopic (exact) mass is 289 g/mol. The van der Waals surface area contributed by atoms with Crippen molar-refractivity contribution in [2.45, 2.75) is 26.5 Å². The molecule has 0 amide bonds. The third-order valence-electron chi connectivity index (χ3n) is 2.74. The van der Waals surface area contributed by atoms with Gasteiger partial charge in [0.1, 0.15) is 31.1 Å². The Morgan fingerprint density at radius 2 is 2.29 bits per heavy atom. The van der Waals surface area contributed by atoms with E-state index in [0.717, 1.165) is 13.0 Å². The molecule has 0 unspecified atom stereocenters. The van der Waals surface area contributed by atoms with Crippen molar-refractivity contribution < 1.29 is 14.2 Å². The minimum Gasteiger partial charge on any atom is -0.486 e. The highest BCUT2D eigenvalue weighted by molar-refractivity contribution is 5.39. The minimum atomic E-state index is -0.483. The second-order valence-corrected chi connectivity index (χ2v) is 4.29. The van der Waals surface area contributed by atoms with Gasteiger partial charge in [0, 0.05) is 12.6 Å². The van der Waals surface area contributed by atoms with E-state index in [1.807, 2.05) is 6.92 Å². The number of aliphatic hydroxyl groups excluding tert-OH is 1. The summed E-state index contributed by atoms with van der Waals surface area (Å²) in [6.07, 6.45) is 2.42. The Bertz CT molecular complexity index is 658. The molecular weight excluding hydrogens is 273 g/mol. The number of aliphatic hydroxyl groups is 1. The van der Waals surface area contributed by atoms with Crippen LogP contribution in [0.3, 0.4) is 0 Å². The quantitative estimate of drug-likeness (QED) is 0.852. The number of hydrogen-bond donors (Lipinski definition) is 1. The Kier molecular flexibility index (Phi) is 5.29. The summed E-state index contributed by atoms with van der Waals surface area (Å²) in [6, 6.07) is 4.41. The molecule has 0 aliphatic rings. The third-order valence-corrected chi connectivity index (χ3v) is 2.74. The largest absolute Gasteiger partial charge is 0.486 e. The van der Waals surface area contributed by atoms with Crippen LogP contribution in [0.4, 0.5) is 4.39 Å². The summed E-state index contributed by atoms with van der Waals surface area (Å²) >= 11 is 0. The molecule has 0 atom stereocenters. The summed E-state index contributed by atoms with van der Waals surface area (Å²) in [6.45, 7) is 2.74. The molecule has 6 heteroatoms. The maximum absolute atomic E-state index is 13.7. The first-order valence-corrected chi connectivity index (χ1v) is 6.63. The maximum Gasteiger partial charge on any atom is 0.164 e. The molecule has 0 aliphatic carbocycles. The van der Waals surface area contributed by atoms with Crippen LogP contribution in [0.25, 0.3) is 0 Å². The molecule has 0 radical (unpaired) electrons. The lowest BCUT2D eigenvalue weighted by Crippen LogP contribution is -2.08. The van der Waals surface area contributed by atoms with E-state index in [4.69, 9.17) is 9.84 Å². The molecule has 2 rings (SSSR count). The van der Waals surface area contributed by atoms with Crippen molar-refractivity contribution in [3.8, 4) is 17.6 Å². The van der Waals surface area contributed by atoms with Gasteiger partial charge in [-0.15, -0.1) is 0 Å². The number of ether oxygens (including phenoxy) is 1. The van der Waals surface area contributed by atoms with Gasteiger partial charge in [0.15, 0.2) is 5.82 Å². The molecule has 0 fully saturated rings. The topological polar surface area (TPSA) is 60.2 Å². The van der Waals surface area contributed by atoms with E-state index >= 15 is 0 Å². The molecule has 1 N–H and O–H groups in total. The SMILES string of the molecule is CCCn1ncnc1COc1ccc(C#CCO)c(F)c1. The van der Waals surface area contributed by atoms with Crippen molar-refractivity contribution in [1.82, 2.24) is 14.8 Å². The van der Waals surface area contributed by atoms with Crippen LogP contribution >= 0.6 is 0 Å².